The number of nitrogens with zero attached hydrogens (tertiary/aromatic N) is 1. The summed E-state index contributed by atoms with van der Waals surface area (Å²) in [5, 5.41) is 8.97. The third kappa shape index (κ3) is 4.00. The third-order valence-electron chi connectivity index (χ3n) is 3.37. The smallest absolute Gasteiger partial charge is 0.137 e. The molecule has 0 amide bonds. The summed E-state index contributed by atoms with van der Waals surface area (Å²) in [6.45, 7) is 5.26. The maximum Gasteiger partial charge on any atom is 0.137 e. The largest absolute Gasteiger partial charge is 0.493 e. The standard InChI is InChI=1S/C18H19NO2/c1-14-7-5-10-17(15(14)2)20-11-6-12-21-18-9-4-3-8-16(18)13-19/h3-5,7-10H,6,11-12H2,1-2H3. The molecule has 0 radical (unpaired) electrons. The first kappa shape index (κ1) is 14.9. The van der Waals surface area contributed by atoms with Gasteiger partial charge in [-0.1, -0.05) is 24.3 Å². The Balaban J connectivity index is 1.78. The molecule has 2 aromatic carbocycles. The van der Waals surface area contributed by atoms with E-state index in [1.807, 2.05) is 30.3 Å². The first-order valence-electron chi connectivity index (χ1n) is 7.03. The molecule has 0 aliphatic heterocycles. The van der Waals surface area contributed by atoms with Crippen molar-refractivity contribution in [2.24, 2.45) is 0 Å². The molecule has 0 bridgehead atoms. The summed E-state index contributed by atoms with van der Waals surface area (Å²) >= 11 is 0. The quantitative estimate of drug-likeness (QED) is 0.751. The zero-order chi connectivity index (χ0) is 15.1. The van der Waals surface area contributed by atoms with E-state index in [2.05, 4.69) is 26.0 Å². The average molecular weight is 281 g/mol. The molecule has 0 aromatic heterocycles. The average Bonchev–Trinajstić information content (AvgIpc) is 2.51. The molecule has 0 heterocycles. The van der Waals surface area contributed by atoms with Gasteiger partial charge < -0.3 is 9.47 Å². The lowest BCUT2D eigenvalue weighted by Crippen LogP contribution is -2.06. The van der Waals surface area contributed by atoms with E-state index in [0.717, 1.165) is 12.2 Å². The molecular weight excluding hydrogens is 262 g/mol. The fourth-order valence-corrected chi connectivity index (χ4v) is 1.99. The summed E-state index contributed by atoms with van der Waals surface area (Å²) in [5.41, 5.74) is 2.97. The van der Waals surface area contributed by atoms with Crippen LogP contribution in [-0.4, -0.2) is 13.2 Å². The Hall–Kier alpha value is -2.47. The number of hydrogen-bond acceptors (Lipinski definition) is 3. The van der Waals surface area contributed by atoms with Crippen molar-refractivity contribution in [3.63, 3.8) is 0 Å². The Morgan fingerprint density at radius 1 is 0.905 bits per heavy atom. The highest BCUT2D eigenvalue weighted by Crippen LogP contribution is 2.21. The van der Waals surface area contributed by atoms with E-state index in [1.165, 1.54) is 11.1 Å². The normalized spacial score (nSPS) is 9.95. The minimum atomic E-state index is 0.531. The van der Waals surface area contributed by atoms with Gasteiger partial charge in [-0.15, -0.1) is 0 Å². The van der Waals surface area contributed by atoms with Gasteiger partial charge in [0.2, 0.25) is 0 Å². The van der Waals surface area contributed by atoms with Crippen molar-refractivity contribution in [2.45, 2.75) is 20.3 Å². The van der Waals surface area contributed by atoms with E-state index >= 15 is 0 Å². The zero-order valence-corrected chi connectivity index (χ0v) is 12.4. The second kappa shape index (κ2) is 7.35. The van der Waals surface area contributed by atoms with Crippen LogP contribution >= 0.6 is 0 Å². The van der Waals surface area contributed by atoms with E-state index < -0.39 is 0 Å². The third-order valence-corrected chi connectivity index (χ3v) is 3.37. The summed E-state index contributed by atoms with van der Waals surface area (Å²) in [4.78, 5) is 0. The van der Waals surface area contributed by atoms with Crippen LogP contribution in [0.1, 0.15) is 23.1 Å². The highest BCUT2D eigenvalue weighted by molar-refractivity contribution is 5.42. The van der Waals surface area contributed by atoms with Gasteiger partial charge in [0.25, 0.3) is 0 Å². The SMILES string of the molecule is Cc1cccc(OCCCOc2ccccc2C#N)c1C. The molecule has 0 fully saturated rings. The van der Waals surface area contributed by atoms with Gasteiger partial charge in [0.15, 0.2) is 0 Å². The van der Waals surface area contributed by atoms with Crippen molar-refractivity contribution >= 4 is 0 Å². The van der Waals surface area contributed by atoms with Crippen molar-refractivity contribution < 1.29 is 9.47 Å². The van der Waals surface area contributed by atoms with E-state index in [1.54, 1.807) is 6.07 Å². The molecular formula is C18H19NO2. The second-order valence-electron chi connectivity index (χ2n) is 4.86. The van der Waals surface area contributed by atoms with Crippen LogP contribution in [0.25, 0.3) is 0 Å². The monoisotopic (exact) mass is 281 g/mol. The van der Waals surface area contributed by atoms with Crippen LogP contribution in [0.3, 0.4) is 0 Å². The van der Waals surface area contributed by atoms with Gasteiger partial charge in [-0.2, -0.15) is 5.26 Å². The fraction of sp³-hybridized carbons (Fsp3) is 0.278. The molecule has 0 spiro atoms. The lowest BCUT2D eigenvalue weighted by molar-refractivity contribution is 0.246. The number of rotatable bonds is 6. The molecule has 21 heavy (non-hydrogen) atoms. The van der Waals surface area contributed by atoms with Gasteiger partial charge in [0.05, 0.1) is 18.8 Å². The van der Waals surface area contributed by atoms with Crippen molar-refractivity contribution in [3.8, 4) is 17.6 Å². The summed E-state index contributed by atoms with van der Waals surface area (Å²) < 4.78 is 11.4. The van der Waals surface area contributed by atoms with Gasteiger partial charge in [0.1, 0.15) is 17.6 Å². The highest BCUT2D eigenvalue weighted by Gasteiger charge is 2.03. The van der Waals surface area contributed by atoms with E-state index in [0.29, 0.717) is 24.5 Å². The van der Waals surface area contributed by atoms with Crippen molar-refractivity contribution in [1.82, 2.24) is 0 Å². The molecule has 2 aromatic rings. The molecule has 108 valence electrons. The topological polar surface area (TPSA) is 42.2 Å². The minimum absolute atomic E-state index is 0.531. The zero-order valence-electron chi connectivity index (χ0n) is 12.4. The van der Waals surface area contributed by atoms with Gasteiger partial charge in [0, 0.05) is 6.42 Å². The van der Waals surface area contributed by atoms with Crippen LogP contribution in [0.2, 0.25) is 0 Å². The van der Waals surface area contributed by atoms with Gasteiger partial charge in [-0.05, 0) is 43.2 Å². The minimum Gasteiger partial charge on any atom is -0.493 e. The number of benzene rings is 2. The van der Waals surface area contributed by atoms with Crippen molar-refractivity contribution in [3.05, 3.63) is 59.2 Å². The first-order chi connectivity index (χ1) is 10.2. The van der Waals surface area contributed by atoms with Crippen molar-refractivity contribution in [1.29, 1.82) is 5.26 Å². The lowest BCUT2D eigenvalue weighted by atomic mass is 10.1. The predicted octanol–water partition coefficient (Wildman–Crippen LogP) is 4.02. The number of aryl methyl sites for hydroxylation is 1. The molecule has 0 aliphatic carbocycles. The first-order valence-corrected chi connectivity index (χ1v) is 7.03. The van der Waals surface area contributed by atoms with Crippen LogP contribution in [0.4, 0.5) is 0 Å². The molecule has 0 saturated carbocycles. The Morgan fingerprint density at radius 2 is 1.57 bits per heavy atom. The van der Waals surface area contributed by atoms with Crippen molar-refractivity contribution in [2.75, 3.05) is 13.2 Å². The summed E-state index contributed by atoms with van der Waals surface area (Å²) in [7, 11) is 0. The maximum absolute atomic E-state index is 8.97. The summed E-state index contributed by atoms with van der Waals surface area (Å²) in [6.07, 6.45) is 0.771. The predicted molar refractivity (Wildman–Crippen MR) is 82.7 cm³/mol. The summed E-state index contributed by atoms with van der Waals surface area (Å²) in [6, 6.07) is 15.4. The maximum atomic E-state index is 8.97. The van der Waals surface area contributed by atoms with E-state index in [-0.39, 0.29) is 0 Å². The number of nitriles is 1. The van der Waals surface area contributed by atoms with Crippen LogP contribution in [0.5, 0.6) is 11.5 Å². The van der Waals surface area contributed by atoms with Crippen LogP contribution in [0, 0.1) is 25.2 Å². The number of ether oxygens (including phenoxy) is 2. The van der Waals surface area contributed by atoms with Crippen LogP contribution in [0.15, 0.2) is 42.5 Å². The lowest BCUT2D eigenvalue weighted by Gasteiger charge is -2.11. The van der Waals surface area contributed by atoms with Gasteiger partial charge in [-0.25, -0.2) is 0 Å². The van der Waals surface area contributed by atoms with E-state index in [4.69, 9.17) is 14.7 Å². The highest BCUT2D eigenvalue weighted by atomic mass is 16.5. The number of para-hydroxylation sites is 1. The molecule has 3 heteroatoms. The van der Waals surface area contributed by atoms with Gasteiger partial charge >= 0.3 is 0 Å². The molecule has 0 N–H and O–H groups in total. The molecule has 0 saturated heterocycles. The molecule has 0 aliphatic rings. The molecule has 0 atom stereocenters. The number of hydrogen-bond donors (Lipinski definition) is 0. The van der Waals surface area contributed by atoms with Crippen LogP contribution in [-0.2, 0) is 0 Å². The molecule has 3 nitrogen and oxygen atoms in total. The van der Waals surface area contributed by atoms with Crippen LogP contribution < -0.4 is 9.47 Å². The molecule has 0 unspecified atom stereocenters. The van der Waals surface area contributed by atoms with E-state index in [9.17, 15) is 0 Å². The molecule has 2 rings (SSSR count). The second-order valence-corrected chi connectivity index (χ2v) is 4.86. The van der Waals surface area contributed by atoms with Gasteiger partial charge in [-0.3, -0.25) is 0 Å². The Labute approximate surface area is 125 Å². The summed E-state index contributed by atoms with van der Waals surface area (Å²) in [5.74, 6) is 1.55. The Morgan fingerprint density at radius 3 is 2.33 bits per heavy atom. The Kier molecular flexibility index (Phi) is 5.22. The Bertz CT molecular complexity index is 644. The fourth-order valence-electron chi connectivity index (χ4n) is 1.99.